The Labute approximate surface area is 229 Å². The Morgan fingerprint density at radius 2 is 1.72 bits per heavy atom. The first-order valence-electron chi connectivity index (χ1n) is 13.3. The summed E-state index contributed by atoms with van der Waals surface area (Å²) in [6.45, 7) is 12.0. The highest BCUT2D eigenvalue weighted by Gasteiger charge is 2.59. The summed E-state index contributed by atoms with van der Waals surface area (Å²) < 4.78 is 0. The van der Waals surface area contributed by atoms with Crippen LogP contribution in [0, 0.1) is 12.5 Å². The molecule has 7 heteroatoms. The Bertz CT molecular complexity index is 1460. The van der Waals surface area contributed by atoms with Crippen molar-refractivity contribution in [1.82, 2.24) is 9.80 Å². The third-order valence-corrected chi connectivity index (χ3v) is 7.90. The standard InChI is InChI=1S/C32H32N4O3/c1-21(2)18-27(35(4)29(37)24-15-9-8-14-23(24)22-12-6-5-7-13-22)30(38)36-20-32(19-28(36)33-3)25-16-10-11-17-26(25)34-31(32)39/h5-17,21,27-28H,18-20H2,1-2,4H3,(H,34,39)/t27-,28-,32-/m0/s1. The van der Waals surface area contributed by atoms with Gasteiger partial charge in [0.15, 0.2) is 0 Å². The van der Waals surface area contributed by atoms with Crippen LogP contribution in [-0.2, 0) is 15.0 Å². The summed E-state index contributed by atoms with van der Waals surface area (Å²) in [5.41, 5.74) is 2.80. The number of anilines is 1. The lowest BCUT2D eigenvalue weighted by Gasteiger charge is -2.32. The lowest BCUT2D eigenvalue weighted by Crippen LogP contribution is -2.51. The van der Waals surface area contributed by atoms with Gasteiger partial charge in [-0.2, -0.15) is 0 Å². The maximum Gasteiger partial charge on any atom is 0.302 e. The second kappa shape index (κ2) is 10.4. The van der Waals surface area contributed by atoms with Crippen LogP contribution in [0.4, 0.5) is 5.69 Å². The number of rotatable bonds is 6. The van der Waals surface area contributed by atoms with E-state index in [-0.39, 0.29) is 36.6 Å². The van der Waals surface area contributed by atoms with E-state index >= 15 is 0 Å². The van der Waals surface area contributed by atoms with Gasteiger partial charge in [-0.15, -0.1) is 0 Å². The molecule has 0 bridgehead atoms. The van der Waals surface area contributed by atoms with Gasteiger partial charge in [-0.1, -0.05) is 80.6 Å². The number of carbonyl (C=O) groups excluding carboxylic acids is 3. The maximum absolute atomic E-state index is 14.2. The first-order chi connectivity index (χ1) is 18.8. The van der Waals surface area contributed by atoms with Crippen LogP contribution in [-0.4, -0.2) is 53.3 Å². The largest absolute Gasteiger partial charge is 0.330 e. The van der Waals surface area contributed by atoms with Crippen molar-refractivity contribution in [1.29, 1.82) is 0 Å². The van der Waals surface area contributed by atoms with E-state index in [0.29, 0.717) is 12.0 Å². The fourth-order valence-corrected chi connectivity index (χ4v) is 5.89. The topological polar surface area (TPSA) is 74.1 Å². The number of hydrogen-bond acceptors (Lipinski definition) is 3. The number of fused-ring (bicyclic) bond motifs is 2. The highest BCUT2D eigenvalue weighted by atomic mass is 16.2. The first kappa shape index (κ1) is 26.2. The minimum atomic E-state index is -0.966. The Hall–Kier alpha value is -4.44. The van der Waals surface area contributed by atoms with E-state index in [2.05, 4.69) is 10.2 Å². The molecule has 1 fully saturated rings. The average molecular weight is 521 g/mol. The number of hydrogen-bond donors (Lipinski definition) is 1. The van der Waals surface area contributed by atoms with Crippen LogP contribution in [0.1, 0.15) is 42.6 Å². The molecule has 2 aliphatic rings. The van der Waals surface area contributed by atoms with E-state index in [4.69, 9.17) is 6.57 Å². The second-order valence-electron chi connectivity index (χ2n) is 10.8. The van der Waals surface area contributed by atoms with Crippen LogP contribution in [0.3, 0.4) is 0 Å². The predicted octanol–water partition coefficient (Wildman–Crippen LogP) is 5.21. The predicted molar refractivity (Wildman–Crippen MR) is 151 cm³/mol. The lowest BCUT2D eigenvalue weighted by molar-refractivity contribution is -0.136. The van der Waals surface area contributed by atoms with Crippen LogP contribution in [0.25, 0.3) is 16.0 Å². The molecule has 0 unspecified atom stereocenters. The number of nitrogens with zero attached hydrogens (tertiary/aromatic N) is 3. The molecule has 3 amide bonds. The number of nitrogens with one attached hydrogen (secondary N) is 1. The zero-order chi connectivity index (χ0) is 27.7. The molecule has 3 aromatic rings. The third kappa shape index (κ3) is 4.57. The lowest BCUT2D eigenvalue weighted by atomic mass is 9.80. The summed E-state index contributed by atoms with van der Waals surface area (Å²) in [6.07, 6.45) is -0.122. The number of benzene rings is 3. The zero-order valence-corrected chi connectivity index (χ0v) is 22.4. The van der Waals surface area contributed by atoms with E-state index in [1.54, 1.807) is 13.1 Å². The molecule has 7 nitrogen and oxygen atoms in total. The summed E-state index contributed by atoms with van der Waals surface area (Å²) in [6, 6.07) is 23.8. The average Bonchev–Trinajstić information content (AvgIpc) is 3.48. The van der Waals surface area contributed by atoms with Crippen LogP contribution in [0.15, 0.2) is 78.9 Å². The maximum atomic E-state index is 14.2. The van der Waals surface area contributed by atoms with Crippen LogP contribution < -0.4 is 5.32 Å². The first-order valence-corrected chi connectivity index (χ1v) is 13.3. The van der Waals surface area contributed by atoms with E-state index in [1.165, 1.54) is 9.80 Å². The van der Waals surface area contributed by atoms with Crippen LogP contribution in [0.2, 0.25) is 0 Å². The summed E-state index contributed by atoms with van der Waals surface area (Å²) in [5, 5.41) is 2.94. The Balaban J connectivity index is 1.47. The smallest absolute Gasteiger partial charge is 0.302 e. The summed E-state index contributed by atoms with van der Waals surface area (Å²) in [5.74, 6) is -0.621. The second-order valence-corrected chi connectivity index (χ2v) is 10.8. The quantitative estimate of drug-likeness (QED) is 0.454. The Kier molecular flexibility index (Phi) is 6.96. The molecule has 1 saturated heterocycles. The van der Waals surface area contributed by atoms with Gasteiger partial charge in [0.1, 0.15) is 11.5 Å². The number of amides is 3. The van der Waals surface area contributed by atoms with E-state index < -0.39 is 17.6 Å². The van der Waals surface area contributed by atoms with E-state index in [9.17, 15) is 14.4 Å². The van der Waals surface area contributed by atoms with Gasteiger partial charge >= 0.3 is 6.17 Å². The SMILES string of the molecule is [C-]#[N+][C@@H]1C[C@@]2(CN1C(=O)[C@H](CC(C)C)N(C)C(=O)c1ccccc1-c1ccccc1)C(=O)Nc1ccccc12. The minimum absolute atomic E-state index is 0.110. The fourth-order valence-electron chi connectivity index (χ4n) is 5.89. The van der Waals surface area contributed by atoms with Crippen molar-refractivity contribution in [3.63, 3.8) is 0 Å². The van der Waals surface area contributed by atoms with Crippen molar-refractivity contribution in [2.45, 2.75) is 44.3 Å². The third-order valence-electron chi connectivity index (χ3n) is 7.90. The van der Waals surface area contributed by atoms with E-state index in [1.807, 2.05) is 86.6 Å². The van der Waals surface area contributed by atoms with Gasteiger partial charge in [0, 0.05) is 24.8 Å². The van der Waals surface area contributed by atoms with Gasteiger partial charge in [-0.3, -0.25) is 24.1 Å². The van der Waals surface area contributed by atoms with Crippen molar-refractivity contribution >= 4 is 23.4 Å². The molecule has 2 heterocycles. The summed E-state index contributed by atoms with van der Waals surface area (Å²) >= 11 is 0. The molecule has 0 radical (unpaired) electrons. The molecule has 39 heavy (non-hydrogen) atoms. The number of likely N-dealkylation sites (tertiary alicyclic amines) is 1. The number of para-hydroxylation sites is 1. The molecule has 198 valence electrons. The molecule has 3 atom stereocenters. The van der Waals surface area contributed by atoms with Crippen LogP contribution >= 0.6 is 0 Å². The molecule has 0 saturated carbocycles. The highest BCUT2D eigenvalue weighted by Crippen LogP contribution is 2.47. The van der Waals surface area contributed by atoms with Gasteiger partial charge in [-0.25, -0.2) is 6.57 Å². The van der Waals surface area contributed by atoms with Crippen molar-refractivity contribution < 1.29 is 14.4 Å². The molecule has 2 aliphatic heterocycles. The Morgan fingerprint density at radius 1 is 1.05 bits per heavy atom. The molecular formula is C32H32N4O3. The van der Waals surface area contributed by atoms with Gasteiger partial charge in [-0.05, 0) is 41.2 Å². The molecule has 0 aromatic heterocycles. The number of carbonyl (C=O) groups is 3. The highest BCUT2D eigenvalue weighted by molar-refractivity contribution is 6.07. The zero-order valence-electron chi connectivity index (χ0n) is 22.4. The van der Waals surface area contributed by atoms with Gasteiger partial charge in [0.2, 0.25) is 5.91 Å². The van der Waals surface area contributed by atoms with Crippen LogP contribution in [0.5, 0.6) is 0 Å². The van der Waals surface area contributed by atoms with E-state index in [0.717, 1.165) is 22.4 Å². The monoisotopic (exact) mass is 520 g/mol. The fraction of sp³-hybridized carbons (Fsp3) is 0.312. The van der Waals surface area contributed by atoms with Crippen molar-refractivity contribution in [2.24, 2.45) is 5.92 Å². The summed E-state index contributed by atoms with van der Waals surface area (Å²) in [7, 11) is 1.66. The van der Waals surface area contributed by atoms with Gasteiger partial charge < -0.3 is 10.2 Å². The van der Waals surface area contributed by atoms with Gasteiger partial charge in [0.25, 0.3) is 11.8 Å². The normalized spacial score (nSPS) is 20.4. The Morgan fingerprint density at radius 3 is 2.44 bits per heavy atom. The van der Waals surface area contributed by atoms with Crippen molar-refractivity contribution in [3.8, 4) is 11.1 Å². The molecule has 1 N–H and O–H groups in total. The summed E-state index contributed by atoms with van der Waals surface area (Å²) in [4.78, 5) is 48.1. The number of likely N-dealkylation sites (N-methyl/N-ethyl adjacent to an activating group) is 1. The van der Waals surface area contributed by atoms with Crippen molar-refractivity contribution in [2.75, 3.05) is 18.9 Å². The molecule has 5 rings (SSSR count). The molecule has 0 aliphatic carbocycles. The molecular weight excluding hydrogens is 488 g/mol. The van der Waals surface area contributed by atoms with Gasteiger partial charge in [0.05, 0.1) is 6.42 Å². The molecule has 1 spiro atoms. The minimum Gasteiger partial charge on any atom is -0.330 e. The molecule has 3 aromatic carbocycles. The van der Waals surface area contributed by atoms with Crippen molar-refractivity contribution in [3.05, 3.63) is 101 Å².